The highest BCUT2D eigenvalue weighted by Gasteiger charge is 2.50. The van der Waals surface area contributed by atoms with Crippen LogP contribution in [0.5, 0.6) is 23.0 Å². The van der Waals surface area contributed by atoms with Gasteiger partial charge in [0.15, 0.2) is 11.5 Å². The third-order valence-electron chi connectivity index (χ3n) is 16.6. The molecular formula is C57H66F2N8O7S. The summed E-state index contributed by atoms with van der Waals surface area (Å²) in [7, 11) is -4.58. The number of fused-ring (bicyclic) bond motifs is 2. The maximum atomic E-state index is 14.9. The lowest BCUT2D eigenvalue weighted by atomic mass is 9.59. The van der Waals surface area contributed by atoms with Gasteiger partial charge in [0.1, 0.15) is 39.4 Å². The fraction of sp³-hybridized carbons (Fsp3) is 0.439. The monoisotopic (exact) mass is 1040 g/mol. The van der Waals surface area contributed by atoms with Crippen LogP contribution in [0.15, 0.2) is 96.2 Å². The Morgan fingerprint density at radius 3 is 2.45 bits per heavy atom. The molecule has 1 spiro atoms. The SMILES string of the molecule is CC(C)c1ccccc1[C@@H]1CN(Cc2c(F)cccc2F)CCN1C1CC2(CCN(c3ccc(C(=O)NS(=O)(=O)c4cc(N)c(NC[C@H]5CC[C@](C)(O)CC5)c5c4OCO5)c(Oc4cnc5[nH]ccc5c4)c3)CC2)C1. The Balaban J connectivity index is 0.794. The molecule has 5 heterocycles. The number of halogens is 2. The largest absolute Gasteiger partial charge is 0.455 e. The van der Waals surface area contributed by atoms with E-state index in [9.17, 15) is 27.1 Å². The smallest absolute Gasteiger partial charge is 0.268 e. The number of nitrogen functional groups attached to an aromatic ring is 1. The summed E-state index contributed by atoms with van der Waals surface area (Å²) in [5, 5.41) is 14.6. The second-order valence-corrected chi connectivity index (χ2v) is 23.7. The summed E-state index contributed by atoms with van der Waals surface area (Å²) in [6.45, 7) is 10.5. The third-order valence-corrected chi connectivity index (χ3v) is 18.0. The van der Waals surface area contributed by atoms with Gasteiger partial charge in [0.05, 0.1) is 23.0 Å². The molecule has 396 valence electrons. The van der Waals surface area contributed by atoms with Gasteiger partial charge in [-0.05, 0) is 129 Å². The highest BCUT2D eigenvalue weighted by Crippen LogP contribution is 2.54. The molecule has 2 saturated carbocycles. The highest BCUT2D eigenvalue weighted by molar-refractivity contribution is 7.90. The molecule has 1 atom stereocenters. The third kappa shape index (κ3) is 10.3. The molecule has 2 aromatic heterocycles. The van der Waals surface area contributed by atoms with E-state index in [0.29, 0.717) is 61.5 Å². The Hall–Kier alpha value is -6.47. The van der Waals surface area contributed by atoms with Gasteiger partial charge in [-0.3, -0.25) is 14.6 Å². The molecule has 0 unspecified atom stereocenters. The molecule has 11 rings (SSSR count). The van der Waals surface area contributed by atoms with Crippen molar-refractivity contribution in [2.24, 2.45) is 11.3 Å². The number of amides is 1. The lowest BCUT2D eigenvalue weighted by molar-refractivity contribution is -0.0630. The maximum absolute atomic E-state index is 14.9. The molecule has 2 saturated heterocycles. The molecule has 2 aliphatic carbocycles. The first-order valence-corrected chi connectivity index (χ1v) is 27.8. The summed E-state index contributed by atoms with van der Waals surface area (Å²) >= 11 is 0. The van der Waals surface area contributed by atoms with E-state index in [2.05, 4.69) is 72.8 Å². The Morgan fingerprint density at radius 1 is 0.947 bits per heavy atom. The summed E-state index contributed by atoms with van der Waals surface area (Å²) in [6, 6.07) is 23.3. The number of hydrogen-bond acceptors (Lipinski definition) is 13. The minimum atomic E-state index is -4.58. The first kappa shape index (κ1) is 50.7. The predicted octanol–water partition coefficient (Wildman–Crippen LogP) is 9.85. The maximum Gasteiger partial charge on any atom is 0.268 e. The van der Waals surface area contributed by atoms with Crippen LogP contribution < -0.4 is 34.9 Å². The van der Waals surface area contributed by atoms with Gasteiger partial charge in [0.25, 0.3) is 15.9 Å². The van der Waals surface area contributed by atoms with E-state index in [-0.39, 0.29) is 69.7 Å². The summed E-state index contributed by atoms with van der Waals surface area (Å²) in [6.07, 6.45) is 10.4. The molecule has 4 aromatic carbocycles. The van der Waals surface area contributed by atoms with E-state index in [1.54, 1.807) is 30.6 Å². The number of aliphatic hydroxyl groups is 1. The van der Waals surface area contributed by atoms with Crippen molar-refractivity contribution in [2.45, 2.75) is 107 Å². The number of carbonyl (C=O) groups excluding carboxylic acids is 1. The average molecular weight is 1050 g/mol. The fourth-order valence-corrected chi connectivity index (χ4v) is 13.4. The zero-order valence-electron chi connectivity index (χ0n) is 42.7. The van der Waals surface area contributed by atoms with Crippen molar-refractivity contribution in [1.29, 1.82) is 0 Å². The van der Waals surface area contributed by atoms with Gasteiger partial charge in [-0.25, -0.2) is 26.9 Å². The summed E-state index contributed by atoms with van der Waals surface area (Å²) < 4.78 is 78.3. The van der Waals surface area contributed by atoms with E-state index < -0.39 is 33.2 Å². The van der Waals surface area contributed by atoms with Crippen molar-refractivity contribution < 1.29 is 41.3 Å². The van der Waals surface area contributed by atoms with Gasteiger partial charge in [-0.15, -0.1) is 0 Å². The highest BCUT2D eigenvalue weighted by atomic mass is 32.2. The van der Waals surface area contributed by atoms with Crippen LogP contribution in [-0.2, 0) is 16.6 Å². The van der Waals surface area contributed by atoms with Crippen LogP contribution in [0.2, 0.25) is 0 Å². The van der Waals surface area contributed by atoms with Gasteiger partial charge in [-0.2, -0.15) is 0 Å². The molecule has 0 bridgehead atoms. The number of carbonyl (C=O) groups is 1. The standard InChI is InChI=1S/C57H66F2N8O7S/c1-35(2)41-7-4-5-8-42(41)48-33-65(32-44-45(58)9-6-10-46(44)59)23-24-67(48)39-28-57(29-39)18-21-66(22-19-57)38-11-12-43(49(26-38)74-40-25-37-15-20-61-54(37)63-31-40)55(68)64-75(70,71)50-27-47(60)51(53-52(50)72-34-73-53)62-30-36-13-16-56(3,69)17-14-36/h4-12,15,20,25-27,31,35-36,39,48,62,69H,13-14,16-19,21-24,28-30,32-34,60H2,1-3H3,(H,61,63)(H,64,68)/t36-,48-,56-/m0/s1. The molecular weight excluding hydrogens is 979 g/mol. The molecule has 1 amide bonds. The Morgan fingerprint density at radius 2 is 1.69 bits per heavy atom. The zero-order chi connectivity index (χ0) is 52.2. The lowest BCUT2D eigenvalue weighted by Gasteiger charge is -2.58. The summed E-state index contributed by atoms with van der Waals surface area (Å²) in [4.78, 5) is 28.6. The number of nitrogens with two attached hydrogens (primary N) is 1. The number of H-pyrrole nitrogens is 1. The molecule has 15 nitrogen and oxygen atoms in total. The molecule has 6 N–H and O–H groups in total. The number of pyridine rings is 1. The fourth-order valence-electron chi connectivity index (χ4n) is 12.3. The molecule has 18 heteroatoms. The number of aromatic nitrogens is 2. The quantitative estimate of drug-likeness (QED) is 0.0650. The van der Waals surface area contributed by atoms with Crippen LogP contribution >= 0.6 is 0 Å². The zero-order valence-corrected chi connectivity index (χ0v) is 43.5. The number of benzene rings is 4. The van der Waals surface area contributed by atoms with Crippen LogP contribution in [0.1, 0.15) is 111 Å². The lowest BCUT2D eigenvalue weighted by Crippen LogP contribution is -2.60. The van der Waals surface area contributed by atoms with Crippen LogP contribution in [0.3, 0.4) is 0 Å². The Labute approximate surface area is 436 Å². The van der Waals surface area contributed by atoms with E-state index in [1.807, 2.05) is 19.1 Å². The summed E-state index contributed by atoms with van der Waals surface area (Å²) in [5.41, 5.74) is 10.7. The first-order valence-electron chi connectivity index (χ1n) is 26.3. The van der Waals surface area contributed by atoms with Crippen molar-refractivity contribution in [1.82, 2.24) is 24.5 Å². The number of piperidine rings is 1. The number of rotatable bonds is 14. The number of anilines is 3. The molecule has 3 aliphatic heterocycles. The normalized spacial score (nSPS) is 22.1. The van der Waals surface area contributed by atoms with Crippen LogP contribution in [0.25, 0.3) is 11.0 Å². The van der Waals surface area contributed by atoms with Crippen molar-refractivity contribution >= 4 is 44.0 Å². The predicted molar refractivity (Wildman–Crippen MR) is 284 cm³/mol. The number of aromatic amines is 1. The summed E-state index contributed by atoms with van der Waals surface area (Å²) in [5.74, 6) is -0.731. The second-order valence-electron chi connectivity index (χ2n) is 22.1. The average Bonchev–Trinajstić information content (AvgIpc) is 4.08. The number of ether oxygens (including phenoxy) is 3. The van der Waals surface area contributed by atoms with E-state index >= 15 is 0 Å². The minimum absolute atomic E-state index is 0.00827. The minimum Gasteiger partial charge on any atom is -0.455 e. The molecule has 0 radical (unpaired) electrons. The number of nitrogens with one attached hydrogen (secondary N) is 3. The van der Waals surface area contributed by atoms with Gasteiger partial charge in [0, 0.05) is 86.8 Å². The van der Waals surface area contributed by atoms with Gasteiger partial charge < -0.3 is 40.3 Å². The van der Waals surface area contributed by atoms with Gasteiger partial charge >= 0.3 is 0 Å². The molecule has 5 aliphatic rings. The number of sulfonamides is 1. The number of piperazine rings is 1. The van der Waals surface area contributed by atoms with Crippen molar-refractivity contribution in [3.63, 3.8) is 0 Å². The number of hydrogen-bond donors (Lipinski definition) is 5. The Kier molecular flexibility index (Phi) is 13.7. The molecule has 6 aromatic rings. The van der Waals surface area contributed by atoms with Crippen molar-refractivity contribution in [2.75, 3.05) is 62.0 Å². The molecule has 75 heavy (non-hydrogen) atoms. The first-order chi connectivity index (χ1) is 36.0. The van der Waals surface area contributed by atoms with Crippen LogP contribution in [0, 0.1) is 23.0 Å². The van der Waals surface area contributed by atoms with E-state index in [1.165, 1.54) is 35.4 Å². The number of nitrogens with zero attached hydrogens (tertiary/aromatic N) is 4. The van der Waals surface area contributed by atoms with Crippen molar-refractivity contribution in [3.8, 4) is 23.0 Å². The van der Waals surface area contributed by atoms with Gasteiger partial charge in [-0.1, -0.05) is 44.2 Å². The topological polar surface area (TPSA) is 188 Å². The Bertz CT molecular complexity index is 3200. The van der Waals surface area contributed by atoms with E-state index in [4.69, 9.17) is 19.9 Å². The second kappa shape index (κ2) is 20.2. The van der Waals surface area contributed by atoms with Crippen LogP contribution in [0.4, 0.5) is 25.8 Å². The van der Waals surface area contributed by atoms with Crippen molar-refractivity contribution in [3.05, 3.63) is 125 Å². The van der Waals surface area contributed by atoms with Gasteiger partial charge in [0.2, 0.25) is 6.79 Å². The molecule has 4 fully saturated rings. The van der Waals surface area contributed by atoms with E-state index in [0.717, 1.165) is 69.2 Å². The van der Waals surface area contributed by atoms with Crippen LogP contribution in [-0.4, -0.2) is 96.9 Å².